The van der Waals surface area contributed by atoms with E-state index in [1.165, 1.54) is 6.42 Å². The lowest BCUT2D eigenvalue weighted by atomic mass is 9.76. The minimum absolute atomic E-state index is 0.0310. The summed E-state index contributed by atoms with van der Waals surface area (Å²) in [4.78, 5) is 15.4. The van der Waals surface area contributed by atoms with Gasteiger partial charge >= 0.3 is 0 Å². The van der Waals surface area contributed by atoms with Crippen LogP contribution in [0.4, 0.5) is 0 Å². The standard InChI is InChI=1S/C21H26N2O3/c1-15-18(19(22-26-15)16-8-4-3-5-9-16)20(24)23-13-7-12-21(14-23)11-6-10-17(21)25-2/h3-5,8-9,17H,6-7,10-14H2,1-2H3/t17-,21-/m1/s1. The van der Waals surface area contributed by atoms with Crippen LogP contribution in [0.5, 0.6) is 0 Å². The molecule has 1 aliphatic carbocycles. The van der Waals surface area contributed by atoms with Gasteiger partial charge in [-0.05, 0) is 32.6 Å². The Morgan fingerprint density at radius 1 is 1.27 bits per heavy atom. The van der Waals surface area contributed by atoms with Gasteiger partial charge in [-0.25, -0.2) is 0 Å². The van der Waals surface area contributed by atoms with Crippen molar-refractivity contribution in [2.75, 3.05) is 20.2 Å². The van der Waals surface area contributed by atoms with E-state index in [1.54, 1.807) is 7.11 Å². The van der Waals surface area contributed by atoms with Gasteiger partial charge in [0.15, 0.2) is 0 Å². The molecule has 0 N–H and O–H groups in total. The number of carbonyl (C=O) groups is 1. The molecule has 2 fully saturated rings. The summed E-state index contributed by atoms with van der Waals surface area (Å²) in [6.45, 7) is 3.37. The van der Waals surface area contributed by atoms with Crippen LogP contribution in [-0.4, -0.2) is 42.3 Å². The van der Waals surface area contributed by atoms with Gasteiger partial charge in [-0.15, -0.1) is 0 Å². The van der Waals surface area contributed by atoms with Gasteiger partial charge in [-0.2, -0.15) is 0 Å². The Hall–Kier alpha value is -2.14. The number of methoxy groups -OCH3 is 1. The second-order valence-electron chi connectivity index (χ2n) is 7.64. The highest BCUT2D eigenvalue weighted by Gasteiger charge is 2.47. The number of piperidine rings is 1. The van der Waals surface area contributed by atoms with Gasteiger partial charge < -0.3 is 14.2 Å². The molecule has 5 nitrogen and oxygen atoms in total. The average Bonchev–Trinajstić information content (AvgIpc) is 3.25. The first-order valence-electron chi connectivity index (χ1n) is 9.48. The number of aryl methyl sites for hydroxylation is 1. The summed E-state index contributed by atoms with van der Waals surface area (Å²) in [7, 11) is 1.80. The smallest absolute Gasteiger partial charge is 0.259 e. The van der Waals surface area contributed by atoms with E-state index < -0.39 is 0 Å². The topological polar surface area (TPSA) is 55.6 Å². The van der Waals surface area contributed by atoms with E-state index in [0.717, 1.165) is 44.3 Å². The van der Waals surface area contributed by atoms with E-state index in [2.05, 4.69) is 5.16 Å². The third kappa shape index (κ3) is 2.84. The molecule has 1 saturated carbocycles. The molecule has 1 spiro atoms. The molecule has 1 saturated heterocycles. The van der Waals surface area contributed by atoms with Crippen LogP contribution in [0.3, 0.4) is 0 Å². The van der Waals surface area contributed by atoms with E-state index >= 15 is 0 Å². The van der Waals surface area contributed by atoms with Crippen molar-refractivity contribution in [1.29, 1.82) is 0 Å². The highest BCUT2D eigenvalue weighted by molar-refractivity contribution is 6.00. The maximum atomic E-state index is 13.4. The fraction of sp³-hybridized carbons (Fsp3) is 0.524. The number of carbonyl (C=O) groups excluding carboxylic acids is 1. The van der Waals surface area contributed by atoms with Crippen molar-refractivity contribution in [3.8, 4) is 11.3 Å². The molecule has 1 aromatic carbocycles. The summed E-state index contributed by atoms with van der Waals surface area (Å²) in [5, 5.41) is 4.17. The van der Waals surface area contributed by atoms with Gasteiger partial charge in [0, 0.05) is 31.2 Å². The summed E-state index contributed by atoms with van der Waals surface area (Å²) < 4.78 is 11.2. The molecule has 1 aliphatic heterocycles. The summed E-state index contributed by atoms with van der Waals surface area (Å²) >= 11 is 0. The molecule has 26 heavy (non-hydrogen) atoms. The zero-order valence-corrected chi connectivity index (χ0v) is 15.5. The molecule has 2 heterocycles. The predicted octanol–water partition coefficient (Wildman–Crippen LogP) is 4.07. The number of amides is 1. The molecule has 2 atom stereocenters. The number of ether oxygens (including phenoxy) is 1. The van der Waals surface area contributed by atoms with Crippen LogP contribution in [0.2, 0.25) is 0 Å². The first-order chi connectivity index (χ1) is 12.6. The van der Waals surface area contributed by atoms with Crippen LogP contribution >= 0.6 is 0 Å². The van der Waals surface area contributed by atoms with E-state index in [0.29, 0.717) is 17.0 Å². The third-order valence-electron chi connectivity index (χ3n) is 6.13. The van der Waals surface area contributed by atoms with E-state index in [1.807, 2.05) is 42.2 Å². The molecular weight excluding hydrogens is 328 g/mol. The van der Waals surface area contributed by atoms with Gasteiger partial charge in [0.1, 0.15) is 17.0 Å². The van der Waals surface area contributed by atoms with Crippen LogP contribution in [0, 0.1) is 12.3 Å². The van der Waals surface area contributed by atoms with Gasteiger partial charge in [0.2, 0.25) is 0 Å². The first kappa shape index (κ1) is 17.3. The van der Waals surface area contributed by atoms with Crippen molar-refractivity contribution in [3.63, 3.8) is 0 Å². The van der Waals surface area contributed by atoms with Crippen molar-refractivity contribution in [2.45, 2.75) is 45.1 Å². The Morgan fingerprint density at radius 3 is 2.81 bits per heavy atom. The van der Waals surface area contributed by atoms with Crippen LogP contribution in [0.25, 0.3) is 11.3 Å². The number of hydrogen-bond donors (Lipinski definition) is 0. The quantitative estimate of drug-likeness (QED) is 0.834. The fourth-order valence-corrected chi connectivity index (χ4v) is 4.85. The highest BCUT2D eigenvalue weighted by atomic mass is 16.5. The Bertz CT molecular complexity index is 786. The Morgan fingerprint density at radius 2 is 2.04 bits per heavy atom. The molecule has 5 heteroatoms. The lowest BCUT2D eigenvalue weighted by Crippen LogP contribution is -2.50. The summed E-state index contributed by atoms with van der Waals surface area (Å²) in [6.07, 6.45) is 5.85. The largest absolute Gasteiger partial charge is 0.381 e. The number of likely N-dealkylation sites (tertiary alicyclic amines) is 1. The predicted molar refractivity (Wildman–Crippen MR) is 98.9 cm³/mol. The summed E-state index contributed by atoms with van der Waals surface area (Å²) in [5.74, 6) is 0.617. The molecule has 0 bridgehead atoms. The van der Waals surface area contributed by atoms with Crippen LogP contribution in [0.1, 0.15) is 48.2 Å². The first-order valence-corrected chi connectivity index (χ1v) is 9.48. The molecular formula is C21H26N2O3. The third-order valence-corrected chi connectivity index (χ3v) is 6.13. The maximum absolute atomic E-state index is 13.4. The van der Waals surface area contributed by atoms with Gasteiger partial charge in [0.05, 0.1) is 6.10 Å². The molecule has 0 radical (unpaired) electrons. The van der Waals surface area contributed by atoms with Gasteiger partial charge in [0.25, 0.3) is 5.91 Å². The SMILES string of the molecule is CO[C@@H]1CCC[C@]12CCCN(C(=O)c1c(-c3ccccc3)noc1C)C2. The molecule has 138 valence electrons. The molecule has 2 aromatic rings. The van der Waals surface area contributed by atoms with Gasteiger partial charge in [-0.1, -0.05) is 41.9 Å². The molecule has 1 amide bonds. The minimum atomic E-state index is 0.0310. The number of benzene rings is 1. The van der Waals surface area contributed by atoms with Crippen LogP contribution < -0.4 is 0 Å². The molecule has 2 aliphatic rings. The van der Waals surface area contributed by atoms with E-state index in [-0.39, 0.29) is 17.4 Å². The van der Waals surface area contributed by atoms with Crippen LogP contribution in [-0.2, 0) is 4.74 Å². The zero-order valence-electron chi connectivity index (χ0n) is 15.5. The zero-order chi connectivity index (χ0) is 18.1. The Balaban J connectivity index is 1.63. The summed E-state index contributed by atoms with van der Waals surface area (Å²) in [6, 6.07) is 9.78. The van der Waals surface area contributed by atoms with E-state index in [4.69, 9.17) is 9.26 Å². The number of aromatic nitrogens is 1. The highest BCUT2D eigenvalue weighted by Crippen LogP contribution is 2.46. The average molecular weight is 354 g/mol. The fourth-order valence-electron chi connectivity index (χ4n) is 4.85. The van der Waals surface area contributed by atoms with Crippen molar-refractivity contribution in [2.24, 2.45) is 5.41 Å². The Kier molecular flexibility index (Phi) is 4.57. The minimum Gasteiger partial charge on any atom is -0.381 e. The number of rotatable bonds is 3. The second kappa shape index (κ2) is 6.88. The van der Waals surface area contributed by atoms with Crippen molar-refractivity contribution in [1.82, 2.24) is 10.1 Å². The molecule has 1 aromatic heterocycles. The van der Waals surface area contributed by atoms with Crippen molar-refractivity contribution < 1.29 is 14.1 Å². The number of hydrogen-bond acceptors (Lipinski definition) is 4. The lowest BCUT2D eigenvalue weighted by Gasteiger charge is -2.43. The van der Waals surface area contributed by atoms with Gasteiger partial charge in [-0.3, -0.25) is 4.79 Å². The lowest BCUT2D eigenvalue weighted by molar-refractivity contribution is -0.0295. The van der Waals surface area contributed by atoms with Crippen molar-refractivity contribution in [3.05, 3.63) is 41.7 Å². The monoisotopic (exact) mass is 354 g/mol. The summed E-state index contributed by atoms with van der Waals surface area (Å²) in [5.41, 5.74) is 2.26. The van der Waals surface area contributed by atoms with Crippen LogP contribution in [0.15, 0.2) is 34.9 Å². The Labute approximate surface area is 154 Å². The molecule has 4 rings (SSSR count). The molecule has 0 unspecified atom stereocenters. The normalized spacial score (nSPS) is 25.8. The second-order valence-corrected chi connectivity index (χ2v) is 7.64. The maximum Gasteiger partial charge on any atom is 0.259 e. The van der Waals surface area contributed by atoms with Crippen molar-refractivity contribution >= 4 is 5.91 Å². The number of nitrogens with zero attached hydrogens (tertiary/aromatic N) is 2. The van der Waals surface area contributed by atoms with E-state index in [9.17, 15) is 4.79 Å².